The summed E-state index contributed by atoms with van der Waals surface area (Å²) in [5.74, 6) is -0.375. The fourth-order valence-corrected chi connectivity index (χ4v) is 5.30. The third-order valence-corrected chi connectivity index (χ3v) is 7.23. The van der Waals surface area contributed by atoms with Gasteiger partial charge in [0.2, 0.25) is 15.9 Å². The molecule has 1 saturated carbocycles. The summed E-state index contributed by atoms with van der Waals surface area (Å²) < 4.78 is 41.4. The van der Waals surface area contributed by atoms with Gasteiger partial charge < -0.3 is 5.32 Å². The first-order valence-corrected chi connectivity index (χ1v) is 11.8. The van der Waals surface area contributed by atoms with Crippen molar-refractivity contribution in [3.05, 3.63) is 66.6 Å². The van der Waals surface area contributed by atoms with E-state index in [-0.39, 0.29) is 28.5 Å². The number of carbonyl (C=O) groups excluding carboxylic acids is 1. The fraction of sp³-hybridized carbons (Fsp3) is 0.304. The minimum atomic E-state index is -3.68. The summed E-state index contributed by atoms with van der Waals surface area (Å²) in [6, 6.07) is 14.4. The highest BCUT2D eigenvalue weighted by atomic mass is 32.2. The molecule has 3 aromatic rings. The second kappa shape index (κ2) is 9.11. The van der Waals surface area contributed by atoms with E-state index in [1.165, 1.54) is 24.3 Å². The Balaban J connectivity index is 1.31. The third kappa shape index (κ3) is 5.08. The van der Waals surface area contributed by atoms with Crippen LogP contribution < -0.4 is 10.0 Å². The van der Waals surface area contributed by atoms with E-state index >= 15 is 0 Å². The van der Waals surface area contributed by atoms with Crippen molar-refractivity contribution in [2.75, 3.05) is 11.9 Å². The quantitative estimate of drug-likeness (QED) is 0.603. The van der Waals surface area contributed by atoms with Crippen LogP contribution in [0.2, 0.25) is 0 Å². The second-order valence-electron chi connectivity index (χ2n) is 7.90. The van der Waals surface area contributed by atoms with Gasteiger partial charge in [0.15, 0.2) is 0 Å². The normalized spacial score (nSPS) is 19.3. The van der Waals surface area contributed by atoms with Gasteiger partial charge in [0.25, 0.3) is 0 Å². The summed E-state index contributed by atoms with van der Waals surface area (Å²) in [5.41, 5.74) is 1.03. The first kappa shape index (κ1) is 21.4. The second-order valence-corrected chi connectivity index (χ2v) is 9.63. The Bertz CT molecular complexity index is 1170. The number of fused-ring (bicyclic) bond motifs is 1. The van der Waals surface area contributed by atoms with Gasteiger partial charge in [-0.3, -0.25) is 9.78 Å². The van der Waals surface area contributed by atoms with Gasteiger partial charge in [-0.2, -0.15) is 0 Å². The predicted octanol–water partition coefficient (Wildman–Crippen LogP) is 4.10. The van der Waals surface area contributed by atoms with Gasteiger partial charge in [-0.1, -0.05) is 18.2 Å². The van der Waals surface area contributed by atoms with E-state index < -0.39 is 10.0 Å². The van der Waals surface area contributed by atoms with Crippen LogP contribution in [0.1, 0.15) is 25.7 Å². The van der Waals surface area contributed by atoms with E-state index in [9.17, 15) is 17.6 Å². The molecule has 0 saturated heterocycles. The van der Waals surface area contributed by atoms with E-state index in [2.05, 4.69) is 15.0 Å². The molecule has 1 aromatic heterocycles. The molecule has 0 aliphatic heterocycles. The van der Waals surface area contributed by atoms with Gasteiger partial charge >= 0.3 is 0 Å². The molecular weight excluding hydrogens is 417 g/mol. The number of nitrogens with zero attached hydrogens (tertiary/aromatic N) is 1. The summed E-state index contributed by atoms with van der Waals surface area (Å²) in [7, 11) is -3.68. The van der Waals surface area contributed by atoms with E-state index in [0.717, 1.165) is 18.2 Å². The molecule has 0 bridgehead atoms. The lowest BCUT2D eigenvalue weighted by Crippen LogP contribution is -2.33. The molecule has 2 aromatic carbocycles. The number of halogens is 1. The van der Waals surface area contributed by atoms with Crippen LogP contribution in [0.3, 0.4) is 0 Å². The highest BCUT2D eigenvalue weighted by Gasteiger charge is 2.28. The lowest BCUT2D eigenvalue weighted by Gasteiger charge is -2.28. The molecule has 0 radical (unpaired) electrons. The lowest BCUT2D eigenvalue weighted by molar-refractivity contribution is -0.121. The van der Waals surface area contributed by atoms with Gasteiger partial charge in [-0.15, -0.1) is 0 Å². The Morgan fingerprint density at radius 3 is 2.45 bits per heavy atom. The molecule has 8 heteroatoms. The van der Waals surface area contributed by atoms with E-state index in [1.54, 1.807) is 24.4 Å². The van der Waals surface area contributed by atoms with Crippen LogP contribution in [0.25, 0.3) is 10.9 Å². The summed E-state index contributed by atoms with van der Waals surface area (Å²) >= 11 is 0. The Labute approximate surface area is 180 Å². The predicted molar refractivity (Wildman–Crippen MR) is 117 cm³/mol. The molecule has 1 heterocycles. The van der Waals surface area contributed by atoms with Crippen LogP contribution in [0.15, 0.2) is 65.7 Å². The van der Waals surface area contributed by atoms with Gasteiger partial charge in [-0.25, -0.2) is 17.5 Å². The van der Waals surface area contributed by atoms with Crippen LogP contribution >= 0.6 is 0 Å². The number of hydrogen-bond acceptors (Lipinski definition) is 4. The van der Waals surface area contributed by atoms with Gasteiger partial charge in [0.05, 0.1) is 5.52 Å². The van der Waals surface area contributed by atoms with Crippen molar-refractivity contribution in [3.63, 3.8) is 0 Å². The van der Waals surface area contributed by atoms with Crippen LogP contribution in [0.5, 0.6) is 0 Å². The van der Waals surface area contributed by atoms with Crippen LogP contribution in [-0.2, 0) is 14.8 Å². The van der Waals surface area contributed by atoms with Crippen LogP contribution in [0.4, 0.5) is 10.1 Å². The monoisotopic (exact) mass is 441 g/mol. The third-order valence-electron chi connectivity index (χ3n) is 5.78. The molecule has 0 unspecified atom stereocenters. The Morgan fingerprint density at radius 2 is 1.71 bits per heavy atom. The van der Waals surface area contributed by atoms with Crippen molar-refractivity contribution < 1.29 is 17.6 Å². The molecule has 31 heavy (non-hydrogen) atoms. The number of amides is 1. The zero-order chi connectivity index (χ0) is 21.8. The SMILES string of the molecule is O=C(Nc1ccc(F)cc1)C1CCC(CNS(=O)(=O)c2cccc3cccnc23)CC1. The smallest absolute Gasteiger partial charge is 0.242 e. The van der Waals surface area contributed by atoms with E-state index in [1.807, 2.05) is 12.1 Å². The summed E-state index contributed by atoms with van der Waals surface area (Å²) in [6.45, 7) is 0.331. The number of hydrogen-bond donors (Lipinski definition) is 2. The number of aromatic nitrogens is 1. The number of para-hydroxylation sites is 1. The summed E-state index contributed by atoms with van der Waals surface area (Å²) in [4.78, 5) is 16.9. The molecule has 1 fully saturated rings. The molecule has 1 aliphatic carbocycles. The molecule has 2 N–H and O–H groups in total. The largest absolute Gasteiger partial charge is 0.326 e. The highest BCUT2D eigenvalue weighted by molar-refractivity contribution is 7.89. The first-order chi connectivity index (χ1) is 14.9. The first-order valence-electron chi connectivity index (χ1n) is 10.3. The van der Waals surface area contributed by atoms with Crippen molar-refractivity contribution in [2.45, 2.75) is 30.6 Å². The minimum Gasteiger partial charge on any atom is -0.326 e. The molecule has 6 nitrogen and oxygen atoms in total. The van der Waals surface area contributed by atoms with Gasteiger partial charge in [-0.05, 0) is 68.0 Å². The fourth-order valence-electron chi connectivity index (χ4n) is 4.00. The molecule has 1 amide bonds. The van der Waals surface area contributed by atoms with Crippen molar-refractivity contribution in [1.82, 2.24) is 9.71 Å². The number of rotatable bonds is 6. The molecule has 1 aliphatic rings. The maximum Gasteiger partial charge on any atom is 0.242 e. The molecule has 162 valence electrons. The Hall–Kier alpha value is -2.84. The lowest BCUT2D eigenvalue weighted by atomic mass is 9.81. The van der Waals surface area contributed by atoms with E-state index in [4.69, 9.17) is 0 Å². The van der Waals surface area contributed by atoms with E-state index in [0.29, 0.717) is 30.6 Å². The van der Waals surface area contributed by atoms with Crippen LogP contribution in [0, 0.1) is 17.7 Å². The highest BCUT2D eigenvalue weighted by Crippen LogP contribution is 2.30. The number of anilines is 1. The zero-order valence-electron chi connectivity index (χ0n) is 16.9. The average molecular weight is 442 g/mol. The average Bonchev–Trinajstić information content (AvgIpc) is 2.79. The molecular formula is C23H24FN3O3S. The Kier molecular flexibility index (Phi) is 6.29. The van der Waals surface area contributed by atoms with Crippen molar-refractivity contribution in [3.8, 4) is 0 Å². The number of sulfonamides is 1. The molecule has 4 rings (SSSR count). The summed E-state index contributed by atoms with van der Waals surface area (Å²) in [6.07, 6.45) is 4.49. The topological polar surface area (TPSA) is 88.2 Å². The van der Waals surface area contributed by atoms with Crippen molar-refractivity contribution in [2.24, 2.45) is 11.8 Å². The maximum atomic E-state index is 13.0. The van der Waals surface area contributed by atoms with Crippen molar-refractivity contribution >= 4 is 32.5 Å². The van der Waals surface area contributed by atoms with Gasteiger partial charge in [0, 0.05) is 29.7 Å². The summed E-state index contributed by atoms with van der Waals surface area (Å²) in [5, 5.41) is 3.60. The number of nitrogens with one attached hydrogen (secondary N) is 2. The number of carbonyl (C=O) groups is 1. The molecule has 0 atom stereocenters. The number of benzene rings is 2. The zero-order valence-corrected chi connectivity index (χ0v) is 17.7. The number of pyridine rings is 1. The van der Waals surface area contributed by atoms with Gasteiger partial charge in [0.1, 0.15) is 10.7 Å². The molecule has 0 spiro atoms. The standard InChI is InChI=1S/C23H24FN3O3S/c24-19-10-12-20(13-11-19)27-23(28)18-8-6-16(7-9-18)15-26-31(29,30)21-5-1-3-17-4-2-14-25-22(17)21/h1-5,10-14,16,18,26H,6-9,15H2,(H,27,28). The minimum absolute atomic E-state index is 0.0764. The maximum absolute atomic E-state index is 13.0. The van der Waals surface area contributed by atoms with Crippen molar-refractivity contribution in [1.29, 1.82) is 0 Å². The van der Waals surface area contributed by atoms with Crippen LogP contribution in [-0.4, -0.2) is 25.9 Å². The Morgan fingerprint density at radius 1 is 1.00 bits per heavy atom.